The van der Waals surface area contributed by atoms with Crippen molar-refractivity contribution >= 4 is 10.0 Å². The molecule has 21 heavy (non-hydrogen) atoms. The highest BCUT2D eigenvalue weighted by Gasteiger charge is 2.28. The third-order valence-electron chi connectivity index (χ3n) is 3.68. The summed E-state index contributed by atoms with van der Waals surface area (Å²) in [5.41, 5.74) is 1.16. The third-order valence-corrected chi connectivity index (χ3v) is 5.11. The Morgan fingerprint density at radius 3 is 2.52 bits per heavy atom. The SMILES string of the molecule is CNCc1cc(S(=O)(=O)NCCC(C)(C)C)cn1C1CC1. The Balaban J connectivity index is 2.10. The molecule has 0 atom stereocenters. The van der Waals surface area contributed by atoms with Crippen molar-refractivity contribution < 1.29 is 8.42 Å². The molecule has 0 unspecified atom stereocenters. The average molecular weight is 313 g/mol. The Labute approximate surface area is 128 Å². The highest BCUT2D eigenvalue weighted by atomic mass is 32.2. The van der Waals surface area contributed by atoms with Crippen LogP contribution in [-0.2, 0) is 16.6 Å². The summed E-state index contributed by atoms with van der Waals surface area (Å²) in [4.78, 5) is 0.383. The molecule has 0 amide bonds. The number of nitrogens with zero attached hydrogens (tertiary/aromatic N) is 1. The van der Waals surface area contributed by atoms with E-state index in [9.17, 15) is 8.42 Å². The zero-order chi connectivity index (χ0) is 15.7. The molecule has 0 radical (unpaired) electrons. The molecule has 120 valence electrons. The van der Waals surface area contributed by atoms with Gasteiger partial charge >= 0.3 is 0 Å². The topological polar surface area (TPSA) is 63.1 Å². The van der Waals surface area contributed by atoms with Gasteiger partial charge in [-0.2, -0.15) is 0 Å². The second-order valence-corrected chi connectivity index (χ2v) is 8.81. The van der Waals surface area contributed by atoms with E-state index in [0.29, 0.717) is 24.0 Å². The van der Waals surface area contributed by atoms with Crippen LogP contribution in [-0.4, -0.2) is 26.6 Å². The normalized spacial score (nSPS) is 16.4. The zero-order valence-corrected chi connectivity index (χ0v) is 14.3. The minimum Gasteiger partial charge on any atom is -0.346 e. The predicted molar refractivity (Wildman–Crippen MR) is 84.7 cm³/mol. The molecule has 2 rings (SSSR count). The molecule has 0 saturated heterocycles. The van der Waals surface area contributed by atoms with Gasteiger partial charge in [-0.05, 0) is 37.8 Å². The van der Waals surface area contributed by atoms with Gasteiger partial charge in [-0.1, -0.05) is 20.8 Å². The maximum absolute atomic E-state index is 12.4. The molecule has 1 fully saturated rings. The Morgan fingerprint density at radius 2 is 2.00 bits per heavy atom. The fourth-order valence-corrected chi connectivity index (χ4v) is 3.38. The van der Waals surface area contributed by atoms with E-state index in [1.54, 1.807) is 12.3 Å². The van der Waals surface area contributed by atoms with Crippen molar-refractivity contribution in [1.82, 2.24) is 14.6 Å². The quantitative estimate of drug-likeness (QED) is 0.811. The zero-order valence-electron chi connectivity index (χ0n) is 13.4. The first kappa shape index (κ1) is 16.5. The fourth-order valence-electron chi connectivity index (χ4n) is 2.30. The van der Waals surface area contributed by atoms with Crippen molar-refractivity contribution in [3.8, 4) is 0 Å². The summed E-state index contributed by atoms with van der Waals surface area (Å²) in [6.45, 7) is 7.48. The van der Waals surface area contributed by atoms with Gasteiger partial charge in [-0.15, -0.1) is 0 Å². The Hall–Kier alpha value is -0.850. The number of nitrogens with one attached hydrogen (secondary N) is 2. The van der Waals surface area contributed by atoms with Crippen molar-refractivity contribution in [3.63, 3.8) is 0 Å². The molecular formula is C15H27N3O2S. The first-order chi connectivity index (χ1) is 9.73. The summed E-state index contributed by atoms with van der Waals surface area (Å²) in [5.74, 6) is 0. The monoisotopic (exact) mass is 313 g/mol. The van der Waals surface area contributed by atoms with Gasteiger partial charge in [-0.25, -0.2) is 13.1 Å². The fraction of sp³-hybridized carbons (Fsp3) is 0.733. The van der Waals surface area contributed by atoms with Crippen molar-refractivity contribution in [3.05, 3.63) is 18.0 Å². The molecule has 0 aromatic carbocycles. The molecule has 0 spiro atoms. The van der Waals surface area contributed by atoms with Crippen LogP contribution in [0.2, 0.25) is 0 Å². The Morgan fingerprint density at radius 1 is 1.33 bits per heavy atom. The number of aromatic nitrogens is 1. The number of rotatable bonds is 7. The minimum atomic E-state index is -3.41. The smallest absolute Gasteiger partial charge is 0.242 e. The molecular weight excluding hydrogens is 286 g/mol. The van der Waals surface area contributed by atoms with Gasteiger partial charge in [0.1, 0.15) is 0 Å². The highest BCUT2D eigenvalue weighted by Crippen LogP contribution is 2.37. The second kappa shape index (κ2) is 6.10. The van der Waals surface area contributed by atoms with Gasteiger partial charge in [0.2, 0.25) is 10.0 Å². The van der Waals surface area contributed by atoms with Gasteiger partial charge in [0.25, 0.3) is 0 Å². The molecule has 6 heteroatoms. The van der Waals surface area contributed by atoms with E-state index in [-0.39, 0.29) is 5.41 Å². The van der Waals surface area contributed by atoms with Crippen LogP contribution in [0.1, 0.15) is 51.8 Å². The lowest BCUT2D eigenvalue weighted by atomic mass is 9.93. The number of hydrogen-bond acceptors (Lipinski definition) is 3. The van der Waals surface area contributed by atoms with Crippen LogP contribution in [0, 0.1) is 5.41 Å². The van der Waals surface area contributed by atoms with E-state index < -0.39 is 10.0 Å². The third kappa shape index (κ3) is 4.56. The van der Waals surface area contributed by atoms with E-state index in [1.165, 1.54) is 0 Å². The maximum atomic E-state index is 12.4. The van der Waals surface area contributed by atoms with E-state index in [0.717, 1.165) is 25.0 Å². The molecule has 1 heterocycles. The summed E-state index contributed by atoms with van der Waals surface area (Å²) < 4.78 is 29.6. The van der Waals surface area contributed by atoms with Crippen LogP contribution >= 0.6 is 0 Å². The first-order valence-corrected chi connectivity index (χ1v) is 9.06. The molecule has 1 aromatic heterocycles. The van der Waals surface area contributed by atoms with Crippen molar-refractivity contribution in [2.45, 2.75) is 57.5 Å². The van der Waals surface area contributed by atoms with E-state index in [2.05, 4.69) is 35.4 Å². The van der Waals surface area contributed by atoms with Crippen LogP contribution < -0.4 is 10.0 Å². The summed E-state index contributed by atoms with van der Waals surface area (Å²) in [6, 6.07) is 2.26. The van der Waals surface area contributed by atoms with E-state index >= 15 is 0 Å². The van der Waals surface area contributed by atoms with Gasteiger partial charge < -0.3 is 9.88 Å². The van der Waals surface area contributed by atoms with Crippen molar-refractivity contribution in [1.29, 1.82) is 0 Å². The number of hydrogen-bond donors (Lipinski definition) is 2. The van der Waals surface area contributed by atoms with Crippen LogP contribution in [0.5, 0.6) is 0 Å². The van der Waals surface area contributed by atoms with Gasteiger partial charge in [-0.3, -0.25) is 0 Å². The largest absolute Gasteiger partial charge is 0.346 e. The van der Waals surface area contributed by atoms with Crippen LogP contribution in [0.25, 0.3) is 0 Å². The molecule has 1 aliphatic rings. The predicted octanol–water partition coefficient (Wildman–Crippen LogP) is 2.26. The van der Waals surface area contributed by atoms with Gasteiger partial charge in [0.05, 0.1) is 4.90 Å². The lowest BCUT2D eigenvalue weighted by Gasteiger charge is -2.17. The van der Waals surface area contributed by atoms with Gasteiger partial charge in [0, 0.05) is 31.0 Å². The number of sulfonamides is 1. The average Bonchev–Trinajstić information content (AvgIpc) is 3.09. The van der Waals surface area contributed by atoms with Crippen molar-refractivity contribution in [2.75, 3.05) is 13.6 Å². The first-order valence-electron chi connectivity index (χ1n) is 7.58. The Bertz CT molecular complexity index is 581. The minimum absolute atomic E-state index is 0.125. The van der Waals surface area contributed by atoms with E-state index in [1.807, 2.05) is 7.05 Å². The molecule has 1 aliphatic carbocycles. The van der Waals surface area contributed by atoms with Crippen molar-refractivity contribution in [2.24, 2.45) is 5.41 Å². The highest BCUT2D eigenvalue weighted by molar-refractivity contribution is 7.89. The lowest BCUT2D eigenvalue weighted by molar-refractivity contribution is 0.378. The molecule has 1 saturated carbocycles. The van der Waals surface area contributed by atoms with Crippen LogP contribution in [0.3, 0.4) is 0 Å². The summed E-state index contributed by atoms with van der Waals surface area (Å²) in [5, 5.41) is 3.10. The maximum Gasteiger partial charge on any atom is 0.242 e. The molecule has 2 N–H and O–H groups in total. The molecule has 1 aromatic rings. The molecule has 0 aliphatic heterocycles. The molecule has 0 bridgehead atoms. The van der Waals surface area contributed by atoms with Gasteiger partial charge in [0.15, 0.2) is 0 Å². The summed E-state index contributed by atoms with van der Waals surface area (Å²) in [7, 11) is -1.53. The molecule has 5 nitrogen and oxygen atoms in total. The second-order valence-electron chi connectivity index (χ2n) is 7.04. The van der Waals surface area contributed by atoms with Crippen LogP contribution in [0.4, 0.5) is 0 Å². The standard InChI is InChI=1S/C15H27N3O2S/c1-15(2,3)7-8-17-21(19,20)14-9-13(10-16-4)18(11-14)12-5-6-12/h9,11-12,16-17H,5-8,10H2,1-4H3. The summed E-state index contributed by atoms with van der Waals surface area (Å²) >= 11 is 0. The Kier molecular flexibility index (Phi) is 4.80. The van der Waals surface area contributed by atoms with E-state index in [4.69, 9.17) is 0 Å². The van der Waals surface area contributed by atoms with Crippen LogP contribution in [0.15, 0.2) is 17.2 Å². The summed E-state index contributed by atoms with van der Waals surface area (Å²) in [6.07, 6.45) is 4.88. The lowest BCUT2D eigenvalue weighted by Crippen LogP contribution is -2.27.